The fraction of sp³-hybridized carbons (Fsp3) is 0.300. The second-order valence-corrected chi connectivity index (χ2v) is 3.97. The molecule has 0 amide bonds. The second kappa shape index (κ2) is 5.86. The average Bonchev–Trinajstić information content (AvgIpc) is 2.29. The van der Waals surface area contributed by atoms with Crippen LogP contribution in [0.25, 0.3) is 0 Å². The maximum Gasteiger partial charge on any atom is 0.356 e. The molecule has 7 heteroatoms. The minimum Gasteiger partial charge on any atom is -0.461 e. The molecule has 0 fully saturated rings. The van der Waals surface area contributed by atoms with E-state index in [1.807, 2.05) is 0 Å². The molecule has 0 saturated carbocycles. The summed E-state index contributed by atoms with van der Waals surface area (Å²) in [6.07, 6.45) is -2.84. The number of aromatic nitrogens is 1. The number of hydrogen-bond acceptors (Lipinski definition) is 4. The number of nitriles is 1. The first kappa shape index (κ1) is 13.8. The zero-order chi connectivity index (χ0) is 13.0. The van der Waals surface area contributed by atoms with Gasteiger partial charge in [0.2, 0.25) is 0 Å². The highest BCUT2D eigenvalue weighted by Crippen LogP contribution is 2.25. The van der Waals surface area contributed by atoms with Gasteiger partial charge in [-0.25, -0.2) is 18.6 Å². The molecule has 0 aliphatic carbocycles. The number of esters is 1. The minimum absolute atomic E-state index is 0.0149. The molecule has 0 saturated heterocycles. The van der Waals surface area contributed by atoms with Gasteiger partial charge >= 0.3 is 5.97 Å². The van der Waals surface area contributed by atoms with E-state index in [-0.39, 0.29) is 21.4 Å². The number of hydrogen-bond donors (Lipinski definition) is 0. The summed E-state index contributed by atoms with van der Waals surface area (Å²) in [6, 6.07) is 2.88. The van der Waals surface area contributed by atoms with E-state index in [1.165, 1.54) is 0 Å². The monoisotopic (exact) mass is 352 g/mol. The van der Waals surface area contributed by atoms with Crippen LogP contribution in [0.15, 0.2) is 6.07 Å². The smallest absolute Gasteiger partial charge is 0.356 e. The van der Waals surface area contributed by atoms with Gasteiger partial charge in [-0.1, -0.05) is 0 Å². The van der Waals surface area contributed by atoms with Crippen LogP contribution in [0.4, 0.5) is 8.78 Å². The predicted octanol–water partition coefficient (Wildman–Crippen LogP) is 2.67. The highest BCUT2D eigenvalue weighted by molar-refractivity contribution is 14.1. The number of halogens is 3. The zero-order valence-corrected chi connectivity index (χ0v) is 10.9. The molecule has 4 nitrogen and oxygen atoms in total. The highest BCUT2D eigenvalue weighted by Gasteiger charge is 2.21. The zero-order valence-electron chi connectivity index (χ0n) is 8.71. The minimum atomic E-state index is -2.84. The van der Waals surface area contributed by atoms with E-state index in [9.17, 15) is 13.6 Å². The Morgan fingerprint density at radius 1 is 1.71 bits per heavy atom. The van der Waals surface area contributed by atoms with E-state index >= 15 is 0 Å². The van der Waals surface area contributed by atoms with Crippen molar-refractivity contribution in [1.82, 2.24) is 4.98 Å². The van der Waals surface area contributed by atoms with Gasteiger partial charge in [0, 0.05) is 0 Å². The Bertz CT molecular complexity index is 486. The Morgan fingerprint density at radius 3 is 2.82 bits per heavy atom. The van der Waals surface area contributed by atoms with E-state index in [2.05, 4.69) is 9.72 Å². The number of carbonyl (C=O) groups is 1. The summed E-state index contributed by atoms with van der Waals surface area (Å²) < 4.78 is 30.0. The molecule has 0 atom stereocenters. The normalized spacial score (nSPS) is 10.1. The highest BCUT2D eigenvalue weighted by atomic mass is 127. The summed E-state index contributed by atoms with van der Waals surface area (Å²) >= 11 is 1.60. The maximum absolute atomic E-state index is 12.6. The summed E-state index contributed by atoms with van der Waals surface area (Å²) in [5.74, 6) is -0.817. The molecule has 1 aromatic rings. The molecule has 0 bridgehead atoms. The molecule has 1 heterocycles. The molecule has 17 heavy (non-hydrogen) atoms. The lowest BCUT2D eigenvalue weighted by Crippen LogP contribution is -2.11. The third kappa shape index (κ3) is 3.09. The summed E-state index contributed by atoms with van der Waals surface area (Å²) in [5.41, 5.74) is -0.870. The molecule has 0 radical (unpaired) electrons. The van der Waals surface area contributed by atoms with Crippen LogP contribution in [-0.4, -0.2) is 17.6 Å². The van der Waals surface area contributed by atoms with Crippen LogP contribution in [0.1, 0.15) is 35.1 Å². The lowest BCUT2D eigenvalue weighted by Gasteiger charge is -2.07. The van der Waals surface area contributed by atoms with Crippen LogP contribution in [0.2, 0.25) is 0 Å². The van der Waals surface area contributed by atoms with Gasteiger partial charge in [0.15, 0.2) is 0 Å². The van der Waals surface area contributed by atoms with Crippen LogP contribution in [0.3, 0.4) is 0 Å². The summed E-state index contributed by atoms with van der Waals surface area (Å²) in [7, 11) is 0. The molecule has 0 aliphatic heterocycles. The van der Waals surface area contributed by atoms with Crippen molar-refractivity contribution in [3.05, 3.63) is 26.6 Å². The van der Waals surface area contributed by atoms with E-state index < -0.39 is 18.1 Å². The first-order valence-electron chi connectivity index (χ1n) is 4.57. The van der Waals surface area contributed by atoms with Crippen molar-refractivity contribution in [1.29, 1.82) is 5.26 Å². The van der Waals surface area contributed by atoms with Crippen LogP contribution in [-0.2, 0) is 4.74 Å². The van der Waals surface area contributed by atoms with E-state index in [0.29, 0.717) is 0 Å². The first-order chi connectivity index (χ1) is 8.01. The number of pyridine rings is 1. The quantitative estimate of drug-likeness (QED) is 0.620. The molecule has 0 aromatic carbocycles. The molecule has 0 aliphatic rings. The van der Waals surface area contributed by atoms with Crippen LogP contribution in [0, 0.1) is 14.9 Å². The van der Waals surface area contributed by atoms with Gasteiger partial charge in [0.1, 0.15) is 17.5 Å². The lowest BCUT2D eigenvalue weighted by molar-refractivity contribution is 0.0517. The van der Waals surface area contributed by atoms with Crippen molar-refractivity contribution in [3.8, 4) is 6.07 Å². The Labute approximate surface area is 110 Å². The molecular weight excluding hydrogens is 345 g/mol. The van der Waals surface area contributed by atoms with Crippen molar-refractivity contribution >= 4 is 28.6 Å². The first-order valence-corrected chi connectivity index (χ1v) is 5.65. The summed E-state index contributed by atoms with van der Waals surface area (Å²) in [5, 5.41) is 8.78. The fourth-order valence-electron chi connectivity index (χ4n) is 1.08. The third-order valence-electron chi connectivity index (χ3n) is 1.80. The summed E-state index contributed by atoms with van der Waals surface area (Å²) in [4.78, 5) is 14.9. The molecule has 90 valence electrons. The van der Waals surface area contributed by atoms with Gasteiger partial charge in [0.05, 0.1) is 15.7 Å². The number of alkyl halides is 2. The number of nitrogens with zero attached hydrogens (tertiary/aromatic N) is 2. The van der Waals surface area contributed by atoms with Crippen molar-refractivity contribution < 1.29 is 18.3 Å². The molecule has 0 unspecified atom stereocenters. The average molecular weight is 352 g/mol. The molecular formula is C10H7F2IN2O2. The Balaban J connectivity index is 3.31. The largest absolute Gasteiger partial charge is 0.461 e. The van der Waals surface area contributed by atoms with Gasteiger partial charge in [0.25, 0.3) is 6.43 Å². The number of carbonyl (C=O) groups excluding carboxylic acids is 1. The van der Waals surface area contributed by atoms with Crippen LogP contribution in [0.5, 0.6) is 0 Å². The van der Waals surface area contributed by atoms with Crippen molar-refractivity contribution in [2.45, 2.75) is 13.3 Å². The van der Waals surface area contributed by atoms with Gasteiger partial charge in [-0.15, -0.1) is 0 Å². The number of rotatable bonds is 3. The Morgan fingerprint density at radius 2 is 2.35 bits per heavy atom. The van der Waals surface area contributed by atoms with Crippen molar-refractivity contribution in [3.63, 3.8) is 0 Å². The van der Waals surface area contributed by atoms with E-state index in [4.69, 9.17) is 5.26 Å². The standard InChI is InChI=1S/C10H7F2IN2O2/c1-2-17-10(16)6-3-5(4-14)7(13)8(15-6)9(11)12/h3,9H,2H2,1H3. The molecule has 1 aromatic heterocycles. The fourth-order valence-corrected chi connectivity index (χ4v) is 1.72. The van der Waals surface area contributed by atoms with Crippen molar-refractivity contribution in [2.24, 2.45) is 0 Å². The predicted molar refractivity (Wildman–Crippen MR) is 62.6 cm³/mol. The van der Waals surface area contributed by atoms with E-state index in [0.717, 1.165) is 6.07 Å². The second-order valence-electron chi connectivity index (χ2n) is 2.89. The van der Waals surface area contributed by atoms with Crippen LogP contribution < -0.4 is 0 Å². The van der Waals surface area contributed by atoms with Gasteiger partial charge in [-0.05, 0) is 35.6 Å². The Kier molecular flexibility index (Phi) is 4.74. The summed E-state index contributed by atoms with van der Waals surface area (Å²) in [6.45, 7) is 1.70. The molecule has 1 rings (SSSR count). The number of ether oxygens (including phenoxy) is 1. The SMILES string of the molecule is CCOC(=O)c1cc(C#N)c(I)c(C(F)F)n1. The van der Waals surface area contributed by atoms with Gasteiger partial charge < -0.3 is 4.74 Å². The lowest BCUT2D eigenvalue weighted by atomic mass is 10.2. The topological polar surface area (TPSA) is 63.0 Å². The molecule has 0 N–H and O–H groups in total. The van der Waals surface area contributed by atoms with Gasteiger partial charge in [-0.3, -0.25) is 0 Å². The molecule has 0 spiro atoms. The maximum atomic E-state index is 12.6. The van der Waals surface area contributed by atoms with Crippen molar-refractivity contribution in [2.75, 3.05) is 6.61 Å². The Hall–Kier alpha value is -1.30. The van der Waals surface area contributed by atoms with E-state index in [1.54, 1.807) is 35.6 Å². The van der Waals surface area contributed by atoms with Crippen LogP contribution >= 0.6 is 22.6 Å². The van der Waals surface area contributed by atoms with Gasteiger partial charge in [-0.2, -0.15) is 5.26 Å². The third-order valence-corrected chi connectivity index (χ3v) is 2.93.